The van der Waals surface area contributed by atoms with Crippen LogP contribution in [0, 0.1) is 0 Å². The zero-order valence-corrected chi connectivity index (χ0v) is 15.0. The SMILES string of the molecule is CC(C)N(C(=O)c1cccc(S(=O)(=O)N2CCOCC2)c1)C1CC1. The molecule has 0 unspecified atom stereocenters. The molecule has 0 spiro atoms. The summed E-state index contributed by atoms with van der Waals surface area (Å²) in [6, 6.07) is 6.79. The lowest BCUT2D eigenvalue weighted by Gasteiger charge is -2.28. The van der Waals surface area contributed by atoms with E-state index in [0.29, 0.717) is 31.9 Å². The fraction of sp³-hybridized carbons (Fsp3) is 0.588. The lowest BCUT2D eigenvalue weighted by Crippen LogP contribution is -2.41. The van der Waals surface area contributed by atoms with E-state index in [1.54, 1.807) is 18.2 Å². The third kappa shape index (κ3) is 3.48. The molecule has 1 saturated heterocycles. The summed E-state index contributed by atoms with van der Waals surface area (Å²) in [4.78, 5) is 14.9. The Morgan fingerprint density at radius 3 is 2.50 bits per heavy atom. The molecule has 1 aromatic carbocycles. The van der Waals surface area contributed by atoms with Crippen LogP contribution in [0.4, 0.5) is 0 Å². The van der Waals surface area contributed by atoms with Gasteiger partial charge in [-0.25, -0.2) is 8.42 Å². The number of hydrogen-bond acceptors (Lipinski definition) is 4. The molecule has 0 N–H and O–H groups in total. The Morgan fingerprint density at radius 2 is 1.92 bits per heavy atom. The number of carbonyl (C=O) groups is 1. The van der Waals surface area contributed by atoms with Gasteiger partial charge in [0, 0.05) is 30.7 Å². The monoisotopic (exact) mass is 352 g/mol. The molecule has 2 aliphatic rings. The maximum absolute atomic E-state index is 12.8. The number of hydrogen-bond donors (Lipinski definition) is 0. The predicted molar refractivity (Wildman–Crippen MR) is 90.3 cm³/mol. The van der Waals surface area contributed by atoms with E-state index in [2.05, 4.69) is 0 Å². The van der Waals surface area contributed by atoms with E-state index in [1.807, 2.05) is 18.7 Å². The maximum atomic E-state index is 12.8. The van der Waals surface area contributed by atoms with Crippen molar-refractivity contribution in [2.24, 2.45) is 0 Å². The molecule has 1 saturated carbocycles. The smallest absolute Gasteiger partial charge is 0.254 e. The Kier molecular flexibility index (Phi) is 4.94. The molecule has 6 nitrogen and oxygen atoms in total. The van der Waals surface area contributed by atoms with Gasteiger partial charge in [0.15, 0.2) is 0 Å². The Balaban J connectivity index is 1.87. The van der Waals surface area contributed by atoms with Crippen molar-refractivity contribution in [3.8, 4) is 0 Å². The zero-order chi connectivity index (χ0) is 17.3. The van der Waals surface area contributed by atoms with Gasteiger partial charge in [0.1, 0.15) is 0 Å². The van der Waals surface area contributed by atoms with Crippen LogP contribution in [-0.2, 0) is 14.8 Å². The Bertz CT molecular complexity index is 705. The number of morpholine rings is 1. The van der Waals surface area contributed by atoms with Crippen molar-refractivity contribution < 1.29 is 17.9 Å². The first kappa shape index (κ1) is 17.4. The van der Waals surface area contributed by atoms with Gasteiger partial charge in [-0.15, -0.1) is 0 Å². The van der Waals surface area contributed by atoms with Crippen molar-refractivity contribution in [3.63, 3.8) is 0 Å². The highest BCUT2D eigenvalue weighted by atomic mass is 32.2. The number of amides is 1. The molecule has 3 rings (SSSR count). The molecule has 1 heterocycles. The molecule has 1 aliphatic heterocycles. The molecule has 0 bridgehead atoms. The van der Waals surface area contributed by atoms with Crippen molar-refractivity contribution >= 4 is 15.9 Å². The van der Waals surface area contributed by atoms with Crippen LogP contribution in [-0.4, -0.2) is 61.9 Å². The van der Waals surface area contributed by atoms with Crippen molar-refractivity contribution in [1.82, 2.24) is 9.21 Å². The third-order valence-electron chi connectivity index (χ3n) is 4.42. The summed E-state index contributed by atoms with van der Waals surface area (Å²) in [5.41, 5.74) is 0.435. The fourth-order valence-electron chi connectivity index (χ4n) is 3.05. The molecule has 7 heteroatoms. The van der Waals surface area contributed by atoms with Gasteiger partial charge >= 0.3 is 0 Å². The Hall–Kier alpha value is -1.44. The largest absolute Gasteiger partial charge is 0.379 e. The minimum atomic E-state index is -3.59. The van der Waals surface area contributed by atoms with Crippen LogP contribution in [0.2, 0.25) is 0 Å². The van der Waals surface area contributed by atoms with E-state index in [0.717, 1.165) is 12.8 Å². The quantitative estimate of drug-likeness (QED) is 0.809. The second-order valence-electron chi connectivity index (χ2n) is 6.58. The van der Waals surface area contributed by atoms with Crippen LogP contribution in [0.25, 0.3) is 0 Å². The molecule has 2 fully saturated rings. The lowest BCUT2D eigenvalue weighted by molar-refractivity contribution is 0.0689. The van der Waals surface area contributed by atoms with Gasteiger partial charge in [0.2, 0.25) is 10.0 Å². The summed E-state index contributed by atoms with van der Waals surface area (Å²) in [5.74, 6) is -0.0912. The van der Waals surface area contributed by atoms with Crippen molar-refractivity contribution in [1.29, 1.82) is 0 Å². The summed E-state index contributed by atoms with van der Waals surface area (Å²) in [7, 11) is -3.59. The van der Waals surface area contributed by atoms with Gasteiger partial charge in [0.25, 0.3) is 5.91 Å². The summed E-state index contributed by atoms with van der Waals surface area (Å²) in [5, 5.41) is 0. The second kappa shape index (κ2) is 6.82. The van der Waals surface area contributed by atoms with Gasteiger partial charge in [0.05, 0.1) is 18.1 Å². The minimum Gasteiger partial charge on any atom is -0.379 e. The van der Waals surface area contributed by atoms with Crippen LogP contribution in [0.1, 0.15) is 37.0 Å². The molecule has 1 amide bonds. The average Bonchev–Trinajstić information content (AvgIpc) is 3.40. The lowest BCUT2D eigenvalue weighted by atomic mass is 10.1. The highest BCUT2D eigenvalue weighted by Crippen LogP contribution is 2.30. The van der Waals surface area contributed by atoms with E-state index in [1.165, 1.54) is 10.4 Å². The van der Waals surface area contributed by atoms with Crippen molar-refractivity contribution in [2.45, 2.75) is 43.7 Å². The summed E-state index contributed by atoms with van der Waals surface area (Å²) in [6.07, 6.45) is 2.05. The molecular weight excluding hydrogens is 328 g/mol. The number of rotatable bonds is 5. The summed E-state index contributed by atoms with van der Waals surface area (Å²) >= 11 is 0. The molecule has 0 atom stereocenters. The summed E-state index contributed by atoms with van der Waals surface area (Å²) < 4.78 is 32.1. The normalized spacial score (nSPS) is 19.5. The number of carbonyl (C=O) groups excluding carboxylic acids is 1. The molecule has 132 valence electrons. The van der Waals surface area contributed by atoms with Gasteiger partial charge < -0.3 is 9.64 Å². The zero-order valence-electron chi connectivity index (χ0n) is 14.1. The van der Waals surface area contributed by atoms with Crippen LogP contribution in [0.15, 0.2) is 29.2 Å². The molecule has 1 aliphatic carbocycles. The molecule has 1 aromatic rings. The number of nitrogens with zero attached hydrogens (tertiary/aromatic N) is 2. The molecule has 0 radical (unpaired) electrons. The third-order valence-corrected chi connectivity index (χ3v) is 6.31. The first-order valence-electron chi connectivity index (χ1n) is 8.42. The first-order chi connectivity index (χ1) is 11.4. The van der Waals surface area contributed by atoms with Gasteiger partial charge in [-0.2, -0.15) is 4.31 Å². The number of sulfonamides is 1. The number of benzene rings is 1. The van der Waals surface area contributed by atoms with E-state index < -0.39 is 10.0 Å². The van der Waals surface area contributed by atoms with Crippen LogP contribution in [0.3, 0.4) is 0 Å². The fourth-order valence-corrected chi connectivity index (χ4v) is 4.50. The van der Waals surface area contributed by atoms with Crippen LogP contribution < -0.4 is 0 Å². The van der Waals surface area contributed by atoms with Crippen molar-refractivity contribution in [2.75, 3.05) is 26.3 Å². The van der Waals surface area contributed by atoms with E-state index in [4.69, 9.17) is 4.74 Å². The standard InChI is InChI=1S/C17H24N2O4S/c1-13(2)19(15-6-7-15)17(20)14-4-3-5-16(12-14)24(21,22)18-8-10-23-11-9-18/h3-5,12-13,15H,6-11H2,1-2H3. The van der Waals surface area contributed by atoms with Crippen molar-refractivity contribution in [3.05, 3.63) is 29.8 Å². The minimum absolute atomic E-state index is 0.0912. The predicted octanol–water partition coefficient (Wildman–Crippen LogP) is 1.72. The second-order valence-corrected chi connectivity index (χ2v) is 8.52. The van der Waals surface area contributed by atoms with Gasteiger partial charge in [-0.3, -0.25) is 4.79 Å². The molecule has 24 heavy (non-hydrogen) atoms. The highest BCUT2D eigenvalue weighted by molar-refractivity contribution is 7.89. The molecule has 0 aromatic heterocycles. The topological polar surface area (TPSA) is 66.9 Å². The molecular formula is C17H24N2O4S. The maximum Gasteiger partial charge on any atom is 0.254 e. The Labute approximate surface area is 143 Å². The first-order valence-corrected chi connectivity index (χ1v) is 9.86. The summed E-state index contributed by atoms with van der Waals surface area (Å²) in [6.45, 7) is 5.48. The number of ether oxygens (including phenoxy) is 1. The average molecular weight is 352 g/mol. The Morgan fingerprint density at radius 1 is 1.25 bits per heavy atom. The van der Waals surface area contributed by atoms with E-state index in [9.17, 15) is 13.2 Å². The van der Waals surface area contributed by atoms with Crippen LogP contribution >= 0.6 is 0 Å². The van der Waals surface area contributed by atoms with Crippen LogP contribution in [0.5, 0.6) is 0 Å². The van der Waals surface area contributed by atoms with E-state index >= 15 is 0 Å². The van der Waals surface area contributed by atoms with Gasteiger partial charge in [-0.1, -0.05) is 6.07 Å². The van der Waals surface area contributed by atoms with E-state index in [-0.39, 0.29) is 22.9 Å². The highest BCUT2D eigenvalue weighted by Gasteiger charge is 2.35. The van der Waals surface area contributed by atoms with Gasteiger partial charge in [-0.05, 0) is 44.9 Å².